The average molecular weight is 473 g/mol. The van der Waals surface area contributed by atoms with E-state index in [0.29, 0.717) is 35.0 Å². The van der Waals surface area contributed by atoms with Crippen molar-refractivity contribution in [2.45, 2.75) is 25.9 Å². The van der Waals surface area contributed by atoms with Gasteiger partial charge in [-0.15, -0.1) is 10.2 Å². The first-order valence-electron chi connectivity index (χ1n) is 10.8. The third kappa shape index (κ3) is 5.62. The Morgan fingerprint density at radius 3 is 2.32 bits per heavy atom. The number of benzene rings is 2. The van der Waals surface area contributed by atoms with Crippen molar-refractivity contribution in [3.8, 4) is 11.3 Å². The quantitative estimate of drug-likeness (QED) is 0.444. The molecule has 2 aromatic carbocycles. The molecule has 6 nitrogen and oxygen atoms in total. The molecule has 4 rings (SSSR count). The normalized spacial score (nSPS) is 14.7. The Labute approximate surface area is 194 Å². The Morgan fingerprint density at radius 2 is 1.68 bits per heavy atom. The van der Waals surface area contributed by atoms with E-state index in [4.69, 9.17) is 0 Å². The maximum atomic E-state index is 13.4. The predicted molar refractivity (Wildman–Crippen MR) is 122 cm³/mol. The summed E-state index contributed by atoms with van der Waals surface area (Å²) >= 11 is 0. The lowest BCUT2D eigenvalue weighted by atomic mass is 9.99. The molecule has 178 valence electrons. The number of piperidine rings is 1. The van der Waals surface area contributed by atoms with E-state index in [0.717, 1.165) is 37.8 Å². The van der Waals surface area contributed by atoms with Crippen molar-refractivity contribution in [1.82, 2.24) is 10.2 Å². The molecular weight excluding hydrogens is 450 g/mol. The highest BCUT2D eigenvalue weighted by Gasteiger charge is 2.34. The molecule has 1 aliphatic rings. The smallest absolute Gasteiger partial charge is 0.355 e. The fourth-order valence-corrected chi connectivity index (χ4v) is 3.76. The molecule has 1 fully saturated rings. The van der Waals surface area contributed by atoms with E-state index in [2.05, 4.69) is 32.7 Å². The molecule has 2 heterocycles. The monoisotopic (exact) mass is 473 g/mol. The minimum absolute atomic E-state index is 0.184. The van der Waals surface area contributed by atoms with Gasteiger partial charge in [-0.25, -0.2) is 9.18 Å². The van der Waals surface area contributed by atoms with Gasteiger partial charge in [-0.05, 0) is 61.2 Å². The minimum atomic E-state index is -4.87. The number of aromatic nitrogens is 2. The van der Waals surface area contributed by atoms with Crippen LogP contribution in [0.2, 0.25) is 0 Å². The van der Waals surface area contributed by atoms with Gasteiger partial charge in [-0.1, -0.05) is 19.1 Å². The first kappa shape index (κ1) is 23.5. The molecular formula is C24H23F4N5O. The van der Waals surface area contributed by atoms with E-state index in [9.17, 15) is 22.4 Å². The Balaban J connectivity index is 1.42. The molecule has 3 aromatic rings. The summed E-state index contributed by atoms with van der Waals surface area (Å²) in [6.07, 6.45) is -2.63. The lowest BCUT2D eigenvalue weighted by Gasteiger charge is -2.30. The van der Waals surface area contributed by atoms with E-state index in [1.54, 1.807) is 18.2 Å². The molecule has 10 heteroatoms. The van der Waals surface area contributed by atoms with Gasteiger partial charge in [0.2, 0.25) is 0 Å². The van der Waals surface area contributed by atoms with Crippen LogP contribution >= 0.6 is 0 Å². The fraction of sp³-hybridized carbons (Fsp3) is 0.292. The zero-order chi connectivity index (χ0) is 24.3. The zero-order valence-electron chi connectivity index (χ0n) is 18.4. The van der Waals surface area contributed by atoms with E-state index in [1.807, 2.05) is 18.2 Å². The van der Waals surface area contributed by atoms with Crippen molar-refractivity contribution in [2.24, 2.45) is 5.92 Å². The number of amides is 2. The third-order valence-electron chi connectivity index (χ3n) is 5.70. The molecule has 1 aromatic heterocycles. The minimum Gasteiger partial charge on any atom is -0.355 e. The van der Waals surface area contributed by atoms with Gasteiger partial charge in [0.25, 0.3) is 0 Å². The molecule has 0 saturated carbocycles. The highest BCUT2D eigenvalue weighted by Crippen LogP contribution is 2.33. The van der Waals surface area contributed by atoms with Gasteiger partial charge in [0, 0.05) is 30.0 Å². The van der Waals surface area contributed by atoms with E-state index < -0.39 is 23.6 Å². The van der Waals surface area contributed by atoms with E-state index in [1.165, 1.54) is 0 Å². The zero-order valence-corrected chi connectivity index (χ0v) is 18.4. The summed E-state index contributed by atoms with van der Waals surface area (Å²) in [7, 11) is 0. The molecule has 1 saturated heterocycles. The number of urea groups is 1. The summed E-state index contributed by atoms with van der Waals surface area (Å²) < 4.78 is 52.1. The lowest BCUT2D eigenvalue weighted by molar-refractivity contribution is -0.139. The van der Waals surface area contributed by atoms with Gasteiger partial charge in [0.1, 0.15) is 5.82 Å². The largest absolute Gasteiger partial charge is 0.419 e. The van der Waals surface area contributed by atoms with Gasteiger partial charge >= 0.3 is 12.2 Å². The Bertz CT molecular complexity index is 1160. The summed E-state index contributed by atoms with van der Waals surface area (Å²) in [6.45, 7) is 4.14. The first-order chi connectivity index (χ1) is 16.2. The molecule has 2 N–H and O–H groups in total. The van der Waals surface area contributed by atoms with Crippen molar-refractivity contribution in [3.05, 3.63) is 66.0 Å². The van der Waals surface area contributed by atoms with Gasteiger partial charge in [0.05, 0.1) is 11.3 Å². The second-order valence-electron chi connectivity index (χ2n) is 8.30. The number of rotatable bonds is 4. The van der Waals surface area contributed by atoms with Gasteiger partial charge < -0.3 is 15.5 Å². The van der Waals surface area contributed by atoms with Crippen LogP contribution in [-0.4, -0.2) is 29.3 Å². The summed E-state index contributed by atoms with van der Waals surface area (Å²) in [5.74, 6) is 0.126. The summed E-state index contributed by atoms with van der Waals surface area (Å²) in [4.78, 5) is 14.5. The molecule has 0 atom stereocenters. The topological polar surface area (TPSA) is 70.2 Å². The Hall–Kier alpha value is -3.69. The van der Waals surface area contributed by atoms with Crippen LogP contribution in [0.15, 0.2) is 54.6 Å². The van der Waals surface area contributed by atoms with Crippen molar-refractivity contribution >= 4 is 23.2 Å². The van der Waals surface area contributed by atoms with Crippen LogP contribution in [0.5, 0.6) is 0 Å². The molecule has 2 amide bonds. The van der Waals surface area contributed by atoms with Crippen LogP contribution in [0, 0.1) is 11.7 Å². The molecule has 0 unspecified atom stereocenters. The van der Waals surface area contributed by atoms with Gasteiger partial charge in [-0.2, -0.15) is 13.2 Å². The first-order valence-corrected chi connectivity index (χ1v) is 10.8. The number of alkyl halides is 3. The van der Waals surface area contributed by atoms with Crippen LogP contribution in [0.25, 0.3) is 11.3 Å². The molecule has 0 spiro atoms. The number of carbonyl (C=O) groups excluding carboxylic acids is 1. The molecule has 0 aliphatic carbocycles. The van der Waals surface area contributed by atoms with Crippen LogP contribution in [-0.2, 0) is 6.18 Å². The number of hydrogen-bond donors (Lipinski definition) is 2. The molecule has 1 aliphatic heterocycles. The van der Waals surface area contributed by atoms with Crippen LogP contribution in [0.3, 0.4) is 0 Å². The predicted octanol–water partition coefficient (Wildman–Crippen LogP) is 6.18. The highest BCUT2D eigenvalue weighted by molar-refractivity contribution is 6.00. The lowest BCUT2D eigenvalue weighted by Crippen LogP contribution is -2.33. The molecule has 0 bridgehead atoms. The molecule has 0 radical (unpaired) electrons. The van der Waals surface area contributed by atoms with Crippen molar-refractivity contribution < 1.29 is 22.4 Å². The average Bonchev–Trinajstić information content (AvgIpc) is 2.80. The van der Waals surface area contributed by atoms with Crippen LogP contribution in [0.1, 0.15) is 25.3 Å². The van der Waals surface area contributed by atoms with Crippen LogP contribution in [0.4, 0.5) is 39.5 Å². The number of halogens is 4. The number of nitrogens with one attached hydrogen (secondary N) is 2. The fourth-order valence-electron chi connectivity index (χ4n) is 3.76. The second-order valence-corrected chi connectivity index (χ2v) is 8.30. The summed E-state index contributed by atoms with van der Waals surface area (Å²) in [5.41, 5.74) is 0.102. The Kier molecular flexibility index (Phi) is 6.67. The van der Waals surface area contributed by atoms with E-state index in [-0.39, 0.29) is 5.69 Å². The summed E-state index contributed by atoms with van der Waals surface area (Å²) in [5, 5.41) is 13.5. The number of anilines is 3. The van der Waals surface area contributed by atoms with Crippen molar-refractivity contribution in [3.63, 3.8) is 0 Å². The van der Waals surface area contributed by atoms with Crippen molar-refractivity contribution in [2.75, 3.05) is 28.6 Å². The molecule has 34 heavy (non-hydrogen) atoms. The second kappa shape index (κ2) is 9.66. The number of nitrogens with zero attached hydrogens (tertiary/aromatic N) is 3. The van der Waals surface area contributed by atoms with E-state index >= 15 is 0 Å². The van der Waals surface area contributed by atoms with Crippen molar-refractivity contribution in [1.29, 1.82) is 0 Å². The summed E-state index contributed by atoms with van der Waals surface area (Å²) in [6, 6.07) is 12.1. The van der Waals surface area contributed by atoms with Crippen LogP contribution < -0.4 is 15.5 Å². The van der Waals surface area contributed by atoms with Gasteiger partial charge in [0.15, 0.2) is 5.82 Å². The maximum absolute atomic E-state index is 13.4. The van der Waals surface area contributed by atoms with Gasteiger partial charge in [-0.3, -0.25) is 0 Å². The number of hydrogen-bond acceptors (Lipinski definition) is 4. The number of carbonyl (C=O) groups is 1. The standard InChI is InChI=1S/C24H23F4N5O/c1-15-9-11-33(12-10-15)22-8-7-21(31-32-22)16-3-2-4-17(13-16)29-23(34)30-18-5-6-20(25)19(14-18)24(26,27)28/h2-8,13-15H,9-12H2,1H3,(H2,29,30,34). The Morgan fingerprint density at radius 1 is 0.971 bits per heavy atom. The maximum Gasteiger partial charge on any atom is 0.419 e. The third-order valence-corrected chi connectivity index (χ3v) is 5.70. The highest BCUT2D eigenvalue weighted by atomic mass is 19.4. The SMILES string of the molecule is CC1CCN(c2ccc(-c3cccc(NC(=O)Nc4ccc(F)c(C(F)(F)F)c4)c3)nn2)CC1.